The molecule has 0 bridgehead atoms. The van der Waals surface area contributed by atoms with Crippen LogP contribution in [0.2, 0.25) is 0 Å². The number of rotatable bonds is 2. The van der Waals surface area contributed by atoms with Crippen molar-refractivity contribution in [2.45, 2.75) is 0 Å². The summed E-state index contributed by atoms with van der Waals surface area (Å²) in [5, 5.41) is 28.4. The molecule has 0 aliphatic heterocycles. The SMILES string of the molecule is c1ccc2c(c1)ccc1c2ccc2c3ccc4ccc(-c5ccc6ccc(-c7ccc8ccc9c(ccc%10c%11ccc%12ccccc%12c%11ccc9%10)c8c7)cc6c5)cc4c3ccc12. The molecule has 0 saturated carbocycles. The van der Waals surface area contributed by atoms with Gasteiger partial charge in [0.05, 0.1) is 0 Å². The molecule has 284 valence electrons. The van der Waals surface area contributed by atoms with E-state index in [1.807, 2.05) is 0 Å². The largest absolute Gasteiger partial charge is 0.0616 e. The molecule has 14 rings (SSSR count). The van der Waals surface area contributed by atoms with Gasteiger partial charge in [0.15, 0.2) is 0 Å². The highest BCUT2D eigenvalue weighted by atomic mass is 14.2. The van der Waals surface area contributed by atoms with E-state index >= 15 is 0 Å². The monoisotopic (exact) mass is 780 g/mol. The van der Waals surface area contributed by atoms with Crippen LogP contribution >= 0.6 is 0 Å². The molecule has 0 amide bonds. The van der Waals surface area contributed by atoms with Crippen LogP contribution in [0.25, 0.3) is 141 Å². The highest BCUT2D eigenvalue weighted by Gasteiger charge is 2.13. The highest BCUT2D eigenvalue weighted by molar-refractivity contribution is 6.27. The fourth-order valence-corrected chi connectivity index (χ4v) is 10.9. The van der Waals surface area contributed by atoms with Crippen molar-refractivity contribution in [3.8, 4) is 22.3 Å². The van der Waals surface area contributed by atoms with E-state index in [9.17, 15) is 0 Å². The Labute approximate surface area is 357 Å². The maximum atomic E-state index is 2.40. The van der Waals surface area contributed by atoms with Crippen LogP contribution in [0, 0.1) is 0 Å². The predicted molar refractivity (Wildman–Crippen MR) is 270 cm³/mol. The number of fused-ring (bicyclic) bond motifs is 19. The third-order valence-corrected chi connectivity index (χ3v) is 14.0. The van der Waals surface area contributed by atoms with Crippen LogP contribution in [0.1, 0.15) is 0 Å². The molecule has 0 heterocycles. The Balaban J connectivity index is 0.863. The van der Waals surface area contributed by atoms with Gasteiger partial charge < -0.3 is 0 Å². The maximum Gasteiger partial charge on any atom is -0.00987 e. The number of hydrogen-bond acceptors (Lipinski definition) is 0. The van der Waals surface area contributed by atoms with Gasteiger partial charge in [-0.25, -0.2) is 0 Å². The summed E-state index contributed by atoms with van der Waals surface area (Å²) < 4.78 is 0. The average molecular weight is 781 g/mol. The molecule has 0 heteroatoms. The Morgan fingerprint density at radius 2 is 0.371 bits per heavy atom. The first-order valence-electron chi connectivity index (χ1n) is 21.6. The first-order valence-corrected chi connectivity index (χ1v) is 21.6. The van der Waals surface area contributed by atoms with Gasteiger partial charge in [-0.1, -0.05) is 194 Å². The zero-order chi connectivity index (χ0) is 40.5. The van der Waals surface area contributed by atoms with E-state index in [4.69, 9.17) is 0 Å². The molecule has 0 unspecified atom stereocenters. The standard InChI is InChI=1S/C62H36/c1-3-7-47-38(5-1)17-21-51-49(47)25-27-57-53-23-19-40-11-15-44(35-61(40)59(53)31-29-55(51)57)42-13-9-37-10-14-43(34-46(37)33-42)45-16-12-41-20-24-54-58-28-26-50-48-8-4-2-6-39(48)18-22-52(50)56(58)30-32-60(54)62(41)36-45/h1-36H. The van der Waals surface area contributed by atoms with Gasteiger partial charge in [-0.3, -0.25) is 0 Å². The van der Waals surface area contributed by atoms with Gasteiger partial charge in [-0.2, -0.15) is 0 Å². The lowest BCUT2D eigenvalue weighted by molar-refractivity contribution is 1.66. The molecule has 0 nitrogen and oxygen atoms in total. The summed E-state index contributed by atoms with van der Waals surface area (Å²) in [6, 6.07) is 82.1. The molecule has 0 fully saturated rings. The van der Waals surface area contributed by atoms with Crippen LogP contribution in [0.3, 0.4) is 0 Å². The van der Waals surface area contributed by atoms with E-state index in [0.717, 1.165) is 0 Å². The summed E-state index contributed by atoms with van der Waals surface area (Å²) in [6.45, 7) is 0. The maximum absolute atomic E-state index is 2.40. The van der Waals surface area contributed by atoms with Crippen molar-refractivity contribution in [1.29, 1.82) is 0 Å². The minimum atomic E-state index is 1.23. The molecule has 0 atom stereocenters. The summed E-state index contributed by atoms with van der Waals surface area (Å²) in [6.07, 6.45) is 0. The third-order valence-electron chi connectivity index (χ3n) is 14.0. The molecule has 62 heavy (non-hydrogen) atoms. The van der Waals surface area contributed by atoms with E-state index < -0.39 is 0 Å². The van der Waals surface area contributed by atoms with E-state index in [-0.39, 0.29) is 0 Å². The molecule has 0 aliphatic carbocycles. The Morgan fingerprint density at radius 3 is 0.742 bits per heavy atom. The topological polar surface area (TPSA) is 0 Å². The molecule has 0 saturated heterocycles. The fraction of sp³-hybridized carbons (Fsp3) is 0. The molecule has 0 radical (unpaired) electrons. The van der Waals surface area contributed by atoms with Crippen molar-refractivity contribution in [3.05, 3.63) is 218 Å². The van der Waals surface area contributed by atoms with E-state index in [1.165, 1.54) is 141 Å². The van der Waals surface area contributed by atoms with Crippen LogP contribution in [0.15, 0.2) is 218 Å². The predicted octanol–water partition coefficient (Wildman–Crippen LogP) is 17.7. The molecule has 14 aromatic carbocycles. The second-order valence-corrected chi connectivity index (χ2v) is 17.2. The Morgan fingerprint density at radius 1 is 0.129 bits per heavy atom. The molecular formula is C62H36. The van der Waals surface area contributed by atoms with Crippen LogP contribution in [-0.4, -0.2) is 0 Å². The highest BCUT2D eigenvalue weighted by Crippen LogP contribution is 2.41. The van der Waals surface area contributed by atoms with Gasteiger partial charge in [0, 0.05) is 0 Å². The first-order chi connectivity index (χ1) is 30.7. The van der Waals surface area contributed by atoms with Crippen molar-refractivity contribution in [3.63, 3.8) is 0 Å². The summed E-state index contributed by atoms with van der Waals surface area (Å²) in [5.41, 5.74) is 4.91. The normalized spacial score (nSPS) is 12.2. The quantitative estimate of drug-likeness (QED) is 0.153. The molecule has 0 spiro atoms. The van der Waals surface area contributed by atoms with E-state index in [1.54, 1.807) is 0 Å². The lowest BCUT2D eigenvalue weighted by atomic mass is 9.91. The van der Waals surface area contributed by atoms with Gasteiger partial charge in [-0.05, 0) is 165 Å². The summed E-state index contributed by atoms with van der Waals surface area (Å²) in [4.78, 5) is 0. The minimum Gasteiger partial charge on any atom is -0.0616 e. The average Bonchev–Trinajstić information content (AvgIpc) is 3.34. The van der Waals surface area contributed by atoms with Gasteiger partial charge >= 0.3 is 0 Å². The van der Waals surface area contributed by atoms with Crippen LogP contribution in [-0.2, 0) is 0 Å². The van der Waals surface area contributed by atoms with Crippen molar-refractivity contribution in [1.82, 2.24) is 0 Å². The van der Waals surface area contributed by atoms with E-state index in [2.05, 4.69) is 218 Å². The molecule has 14 aromatic rings. The van der Waals surface area contributed by atoms with Gasteiger partial charge in [-0.15, -0.1) is 0 Å². The third kappa shape index (κ3) is 4.89. The zero-order valence-corrected chi connectivity index (χ0v) is 33.8. The van der Waals surface area contributed by atoms with Crippen molar-refractivity contribution in [2.75, 3.05) is 0 Å². The Kier molecular flexibility index (Phi) is 6.92. The van der Waals surface area contributed by atoms with E-state index in [0.29, 0.717) is 0 Å². The minimum absolute atomic E-state index is 1.23. The zero-order valence-electron chi connectivity index (χ0n) is 33.8. The molecular weight excluding hydrogens is 745 g/mol. The Hall–Kier alpha value is -8.06. The first kappa shape index (κ1) is 33.7. The van der Waals surface area contributed by atoms with Gasteiger partial charge in [0.1, 0.15) is 0 Å². The van der Waals surface area contributed by atoms with Crippen molar-refractivity contribution >= 4 is 118 Å². The second kappa shape index (κ2) is 12.7. The van der Waals surface area contributed by atoms with Crippen LogP contribution in [0.5, 0.6) is 0 Å². The smallest absolute Gasteiger partial charge is 0.00987 e. The lowest BCUT2D eigenvalue weighted by Crippen LogP contribution is -1.86. The molecule has 0 aliphatic rings. The molecule has 0 N–H and O–H groups in total. The summed E-state index contributed by atoms with van der Waals surface area (Å²) in [5.74, 6) is 0. The second-order valence-electron chi connectivity index (χ2n) is 17.2. The lowest BCUT2D eigenvalue weighted by Gasteiger charge is -2.13. The number of hydrogen-bond donors (Lipinski definition) is 0. The summed E-state index contributed by atoms with van der Waals surface area (Å²) in [7, 11) is 0. The Bertz CT molecular complexity index is 3990. The van der Waals surface area contributed by atoms with Crippen molar-refractivity contribution in [2.24, 2.45) is 0 Å². The van der Waals surface area contributed by atoms with Crippen molar-refractivity contribution < 1.29 is 0 Å². The van der Waals surface area contributed by atoms with Gasteiger partial charge in [0.25, 0.3) is 0 Å². The summed E-state index contributed by atoms with van der Waals surface area (Å²) >= 11 is 0. The molecule has 0 aromatic heterocycles. The van der Waals surface area contributed by atoms with Gasteiger partial charge in [0.2, 0.25) is 0 Å². The number of benzene rings is 14. The van der Waals surface area contributed by atoms with Crippen LogP contribution < -0.4 is 0 Å². The fourth-order valence-electron chi connectivity index (χ4n) is 10.9. The van der Waals surface area contributed by atoms with Crippen LogP contribution in [0.4, 0.5) is 0 Å².